The van der Waals surface area contributed by atoms with Crippen LogP contribution in [0.5, 0.6) is 0 Å². The molecule has 0 spiro atoms. The highest BCUT2D eigenvalue weighted by Crippen LogP contribution is 2.26. The molecule has 1 fully saturated rings. The highest BCUT2D eigenvalue weighted by Gasteiger charge is 2.45. The Morgan fingerprint density at radius 3 is 2.16 bits per heavy atom. The van der Waals surface area contributed by atoms with E-state index in [1.165, 1.54) is 0 Å². The Morgan fingerprint density at radius 2 is 1.64 bits per heavy atom. The van der Waals surface area contributed by atoms with Crippen LogP contribution in [0.4, 0.5) is 10.5 Å². The number of rotatable bonds is 3. The number of hydrogen-bond acceptors (Lipinski definition) is 5. The van der Waals surface area contributed by atoms with Gasteiger partial charge in [0.2, 0.25) is 5.91 Å². The molecular weight excluding hydrogens is 344 g/mol. The van der Waals surface area contributed by atoms with Gasteiger partial charge in [0.05, 0.1) is 11.5 Å². The molecule has 1 heterocycles. The fourth-order valence-corrected chi connectivity index (χ4v) is 4.09. The number of alkyl carbamates (subject to hydrolysis) is 1. The molecule has 0 aromatic heterocycles. The summed E-state index contributed by atoms with van der Waals surface area (Å²) < 4.78 is 28.8. The van der Waals surface area contributed by atoms with Gasteiger partial charge in [0.15, 0.2) is 9.84 Å². The van der Waals surface area contributed by atoms with E-state index in [9.17, 15) is 18.0 Å². The minimum absolute atomic E-state index is 0.00719. The Morgan fingerprint density at radius 1 is 1.08 bits per heavy atom. The van der Waals surface area contributed by atoms with Crippen LogP contribution in [0.3, 0.4) is 0 Å². The number of carbonyl (C=O) groups is 2. The molecule has 1 aromatic carbocycles. The van der Waals surface area contributed by atoms with Crippen LogP contribution in [-0.2, 0) is 19.4 Å². The van der Waals surface area contributed by atoms with E-state index in [0.29, 0.717) is 5.69 Å². The zero-order chi connectivity index (χ0) is 18.7. The second-order valence-electron chi connectivity index (χ2n) is 7.18. The van der Waals surface area contributed by atoms with Crippen molar-refractivity contribution in [2.24, 2.45) is 0 Å². The van der Waals surface area contributed by atoms with Crippen LogP contribution < -0.4 is 10.6 Å². The third kappa shape index (κ3) is 5.45. The summed E-state index contributed by atoms with van der Waals surface area (Å²) in [5.74, 6) is -0.768. The number of nitrogens with one attached hydrogen (secondary N) is 2. The second-order valence-corrected chi connectivity index (χ2v) is 9.48. The van der Waals surface area contributed by atoms with Gasteiger partial charge in [0.25, 0.3) is 0 Å². The summed E-state index contributed by atoms with van der Waals surface area (Å²) in [4.78, 5) is 25.0. The van der Waals surface area contributed by atoms with Gasteiger partial charge in [0.1, 0.15) is 11.1 Å². The zero-order valence-corrected chi connectivity index (χ0v) is 15.5. The van der Waals surface area contributed by atoms with E-state index in [1.54, 1.807) is 45.0 Å². The summed E-state index contributed by atoms with van der Waals surface area (Å²) in [5.41, 5.74) is -1.46. The van der Waals surface area contributed by atoms with Gasteiger partial charge < -0.3 is 15.4 Å². The molecule has 2 N–H and O–H groups in total. The van der Waals surface area contributed by atoms with Crippen molar-refractivity contribution in [3.05, 3.63) is 30.3 Å². The molecule has 7 nitrogen and oxygen atoms in total. The molecule has 2 rings (SSSR count). The van der Waals surface area contributed by atoms with Crippen molar-refractivity contribution in [1.82, 2.24) is 5.32 Å². The third-order valence-electron chi connectivity index (χ3n) is 3.89. The highest BCUT2D eigenvalue weighted by molar-refractivity contribution is 7.91. The molecule has 0 bridgehead atoms. The summed E-state index contributed by atoms with van der Waals surface area (Å²) in [7, 11) is -3.20. The molecule has 0 atom stereocenters. The van der Waals surface area contributed by atoms with E-state index in [1.807, 2.05) is 6.07 Å². The number of sulfone groups is 1. The lowest BCUT2D eigenvalue weighted by Crippen LogP contribution is -2.61. The van der Waals surface area contributed by atoms with Crippen LogP contribution in [0, 0.1) is 0 Å². The summed E-state index contributed by atoms with van der Waals surface area (Å²) in [6.07, 6.45) is -0.726. The van der Waals surface area contributed by atoms with E-state index in [-0.39, 0.29) is 24.3 Å². The Bertz CT molecular complexity index is 724. The van der Waals surface area contributed by atoms with Gasteiger partial charge in [-0.15, -0.1) is 0 Å². The van der Waals surface area contributed by atoms with Crippen molar-refractivity contribution < 1.29 is 22.7 Å². The van der Waals surface area contributed by atoms with Crippen molar-refractivity contribution in [2.45, 2.75) is 44.8 Å². The SMILES string of the molecule is CC(C)(C)OC(=O)NC1(C(=O)Nc2ccccc2)CCS(=O)(=O)CC1. The topological polar surface area (TPSA) is 102 Å². The first-order valence-electron chi connectivity index (χ1n) is 8.09. The first kappa shape index (κ1) is 19.2. The van der Waals surface area contributed by atoms with Crippen molar-refractivity contribution in [2.75, 3.05) is 16.8 Å². The molecule has 1 aromatic rings. The number of anilines is 1. The Hall–Kier alpha value is -2.09. The van der Waals surface area contributed by atoms with E-state index >= 15 is 0 Å². The fraction of sp³-hybridized carbons (Fsp3) is 0.529. The number of hydrogen-bond donors (Lipinski definition) is 2. The van der Waals surface area contributed by atoms with Gasteiger partial charge in [0, 0.05) is 5.69 Å². The number of benzene rings is 1. The number of amides is 2. The lowest BCUT2D eigenvalue weighted by molar-refractivity contribution is -0.122. The van der Waals surface area contributed by atoms with Crippen molar-refractivity contribution >= 4 is 27.5 Å². The molecule has 1 aliphatic heterocycles. The first-order chi connectivity index (χ1) is 11.5. The molecule has 0 saturated carbocycles. The maximum atomic E-state index is 12.8. The molecule has 1 saturated heterocycles. The lowest BCUT2D eigenvalue weighted by Gasteiger charge is -2.36. The van der Waals surface area contributed by atoms with E-state index < -0.39 is 33.0 Å². The predicted molar refractivity (Wildman–Crippen MR) is 95.1 cm³/mol. The lowest BCUT2D eigenvalue weighted by atomic mass is 9.91. The molecule has 1 aliphatic rings. The van der Waals surface area contributed by atoms with Crippen molar-refractivity contribution in [3.8, 4) is 0 Å². The quantitative estimate of drug-likeness (QED) is 0.851. The van der Waals surface area contributed by atoms with E-state index in [2.05, 4.69) is 10.6 Å². The number of ether oxygens (including phenoxy) is 1. The standard InChI is InChI=1S/C17H24N2O5S/c1-16(2,3)24-15(21)19-17(9-11-25(22,23)12-10-17)14(20)18-13-7-5-4-6-8-13/h4-8H,9-12H2,1-3H3,(H,18,20)(H,19,21). The van der Waals surface area contributed by atoms with Gasteiger partial charge in [-0.1, -0.05) is 18.2 Å². The van der Waals surface area contributed by atoms with Gasteiger partial charge in [-0.25, -0.2) is 13.2 Å². The summed E-state index contributed by atoms with van der Waals surface area (Å²) in [5, 5.41) is 5.35. The summed E-state index contributed by atoms with van der Waals surface area (Å²) >= 11 is 0. The van der Waals surface area contributed by atoms with Gasteiger partial charge in [-0.05, 0) is 45.7 Å². The predicted octanol–water partition coefficient (Wildman–Crippen LogP) is 2.10. The van der Waals surface area contributed by atoms with Gasteiger partial charge >= 0.3 is 6.09 Å². The number of carbonyl (C=O) groups excluding carboxylic acids is 2. The van der Waals surface area contributed by atoms with Crippen LogP contribution in [0.25, 0.3) is 0 Å². The van der Waals surface area contributed by atoms with Crippen LogP contribution in [0.2, 0.25) is 0 Å². The highest BCUT2D eigenvalue weighted by atomic mass is 32.2. The normalized spacial score (nSPS) is 18.8. The minimum atomic E-state index is -3.20. The Balaban J connectivity index is 2.20. The molecule has 25 heavy (non-hydrogen) atoms. The molecule has 0 aliphatic carbocycles. The minimum Gasteiger partial charge on any atom is -0.444 e. The molecular formula is C17H24N2O5S. The zero-order valence-electron chi connectivity index (χ0n) is 14.7. The van der Waals surface area contributed by atoms with Gasteiger partial charge in [-0.3, -0.25) is 4.79 Å². The maximum absolute atomic E-state index is 12.8. The van der Waals surface area contributed by atoms with Crippen LogP contribution in [-0.4, -0.2) is 43.1 Å². The average molecular weight is 368 g/mol. The Kier molecular flexibility index (Phi) is 5.41. The molecule has 0 radical (unpaired) electrons. The van der Waals surface area contributed by atoms with Crippen LogP contribution >= 0.6 is 0 Å². The molecule has 138 valence electrons. The number of para-hydroxylation sites is 1. The molecule has 0 unspecified atom stereocenters. The first-order valence-corrected chi connectivity index (χ1v) is 9.92. The average Bonchev–Trinajstić information content (AvgIpc) is 2.49. The smallest absolute Gasteiger partial charge is 0.408 e. The molecule has 8 heteroatoms. The summed E-state index contributed by atoms with van der Waals surface area (Å²) in [6.45, 7) is 5.15. The largest absolute Gasteiger partial charge is 0.444 e. The summed E-state index contributed by atoms with van der Waals surface area (Å²) in [6, 6.07) is 8.80. The van der Waals surface area contributed by atoms with E-state index in [0.717, 1.165) is 0 Å². The fourth-order valence-electron chi connectivity index (χ4n) is 2.57. The van der Waals surface area contributed by atoms with E-state index in [4.69, 9.17) is 4.74 Å². The molecule has 2 amide bonds. The van der Waals surface area contributed by atoms with Crippen LogP contribution in [0.1, 0.15) is 33.6 Å². The van der Waals surface area contributed by atoms with Gasteiger partial charge in [-0.2, -0.15) is 0 Å². The Labute approximate surface area is 148 Å². The van der Waals surface area contributed by atoms with Crippen LogP contribution in [0.15, 0.2) is 30.3 Å². The van der Waals surface area contributed by atoms with Crippen molar-refractivity contribution in [1.29, 1.82) is 0 Å². The third-order valence-corrected chi connectivity index (χ3v) is 5.54. The second kappa shape index (κ2) is 7.03. The van der Waals surface area contributed by atoms with Crippen molar-refractivity contribution in [3.63, 3.8) is 0 Å². The maximum Gasteiger partial charge on any atom is 0.408 e. The monoisotopic (exact) mass is 368 g/mol.